The fourth-order valence-corrected chi connectivity index (χ4v) is 1.03. The Balaban J connectivity index is 2.94. The van der Waals surface area contributed by atoms with Gasteiger partial charge in [-0.1, -0.05) is 13.0 Å². The third kappa shape index (κ3) is 2.65. The Hall–Kier alpha value is -1.19. The molecule has 4 heteroatoms. The van der Waals surface area contributed by atoms with Crippen molar-refractivity contribution < 1.29 is 17.9 Å². The van der Waals surface area contributed by atoms with Crippen molar-refractivity contribution in [1.29, 1.82) is 0 Å². The van der Waals surface area contributed by atoms with Gasteiger partial charge in [-0.3, -0.25) is 0 Å². The van der Waals surface area contributed by atoms with Gasteiger partial charge in [-0.2, -0.15) is 8.78 Å². The largest absolute Gasteiger partial charge is 0.434 e. The fraction of sp³-hybridized carbons (Fsp3) is 0.333. The smallest absolute Gasteiger partial charge is 0.387 e. The van der Waals surface area contributed by atoms with Gasteiger partial charge in [0.15, 0.2) is 0 Å². The first-order valence-corrected chi connectivity index (χ1v) is 3.86. The quantitative estimate of drug-likeness (QED) is 0.711. The number of alkyl halides is 2. The Labute approximate surface area is 74.1 Å². The van der Waals surface area contributed by atoms with Crippen molar-refractivity contribution in [1.82, 2.24) is 0 Å². The van der Waals surface area contributed by atoms with Crippen LogP contribution >= 0.6 is 0 Å². The average molecular weight is 190 g/mol. The summed E-state index contributed by atoms with van der Waals surface area (Å²) in [4.78, 5) is 0. The lowest BCUT2D eigenvalue weighted by Crippen LogP contribution is -2.04. The zero-order chi connectivity index (χ0) is 9.84. The summed E-state index contributed by atoms with van der Waals surface area (Å²) in [6, 6.07) is 3.62. The van der Waals surface area contributed by atoms with Crippen molar-refractivity contribution in [3.8, 4) is 5.75 Å². The first-order valence-electron chi connectivity index (χ1n) is 3.86. The lowest BCUT2D eigenvalue weighted by atomic mass is 10.1. The lowest BCUT2D eigenvalue weighted by Gasteiger charge is -2.08. The standard InChI is InChI=1S/C9H9F3O/c1-2-6-3-4-7(10)5-8(6)13-9(11)12/h3-5,9H,2H2,1H3. The summed E-state index contributed by atoms with van der Waals surface area (Å²) in [6.07, 6.45) is 0.530. The molecule has 0 aliphatic heterocycles. The number of halogens is 3. The van der Waals surface area contributed by atoms with Gasteiger partial charge in [-0.05, 0) is 18.1 Å². The van der Waals surface area contributed by atoms with E-state index in [9.17, 15) is 13.2 Å². The maximum Gasteiger partial charge on any atom is 0.387 e. The zero-order valence-electron chi connectivity index (χ0n) is 7.06. The van der Waals surface area contributed by atoms with E-state index in [1.165, 1.54) is 12.1 Å². The van der Waals surface area contributed by atoms with E-state index in [4.69, 9.17) is 0 Å². The molecule has 1 nitrogen and oxygen atoms in total. The van der Waals surface area contributed by atoms with E-state index in [1.807, 2.05) is 0 Å². The third-order valence-corrected chi connectivity index (χ3v) is 1.63. The molecule has 0 saturated heterocycles. The van der Waals surface area contributed by atoms with Gasteiger partial charge in [0.2, 0.25) is 0 Å². The van der Waals surface area contributed by atoms with E-state index in [0.29, 0.717) is 12.0 Å². The van der Waals surface area contributed by atoms with Crippen molar-refractivity contribution in [2.75, 3.05) is 0 Å². The molecular weight excluding hydrogens is 181 g/mol. The van der Waals surface area contributed by atoms with Crippen LogP contribution in [0.2, 0.25) is 0 Å². The van der Waals surface area contributed by atoms with E-state index in [0.717, 1.165) is 6.07 Å². The molecule has 0 spiro atoms. The van der Waals surface area contributed by atoms with Crippen molar-refractivity contribution >= 4 is 0 Å². The monoisotopic (exact) mass is 190 g/mol. The summed E-state index contributed by atoms with van der Waals surface area (Å²) < 4.78 is 40.4. The summed E-state index contributed by atoms with van der Waals surface area (Å²) >= 11 is 0. The second kappa shape index (κ2) is 4.16. The molecule has 72 valence electrons. The minimum absolute atomic E-state index is 0.0856. The van der Waals surface area contributed by atoms with Gasteiger partial charge < -0.3 is 4.74 Å². The highest BCUT2D eigenvalue weighted by molar-refractivity contribution is 5.33. The second-order valence-corrected chi connectivity index (χ2v) is 2.48. The molecule has 0 atom stereocenters. The van der Waals surface area contributed by atoms with E-state index in [1.54, 1.807) is 6.92 Å². The maximum absolute atomic E-state index is 12.6. The van der Waals surface area contributed by atoms with E-state index >= 15 is 0 Å². The molecule has 13 heavy (non-hydrogen) atoms. The van der Waals surface area contributed by atoms with Gasteiger partial charge in [0.05, 0.1) is 0 Å². The Morgan fingerprint density at radius 1 is 1.38 bits per heavy atom. The summed E-state index contributed by atoms with van der Waals surface area (Å²) in [7, 11) is 0. The topological polar surface area (TPSA) is 9.23 Å². The van der Waals surface area contributed by atoms with Crippen LogP contribution in [0.1, 0.15) is 12.5 Å². The molecule has 0 heterocycles. The molecule has 0 saturated carbocycles. The van der Waals surface area contributed by atoms with Gasteiger partial charge in [0, 0.05) is 6.07 Å². The van der Waals surface area contributed by atoms with Crippen LogP contribution in [0.25, 0.3) is 0 Å². The van der Waals surface area contributed by atoms with Crippen molar-refractivity contribution in [3.05, 3.63) is 29.6 Å². The summed E-state index contributed by atoms with van der Waals surface area (Å²) in [5, 5.41) is 0. The molecule has 1 aromatic carbocycles. The van der Waals surface area contributed by atoms with Crippen LogP contribution in [-0.4, -0.2) is 6.61 Å². The van der Waals surface area contributed by atoms with Crippen LogP contribution in [0, 0.1) is 5.82 Å². The van der Waals surface area contributed by atoms with Gasteiger partial charge in [-0.25, -0.2) is 4.39 Å². The normalized spacial score (nSPS) is 10.5. The lowest BCUT2D eigenvalue weighted by molar-refractivity contribution is -0.0505. The molecule has 0 bridgehead atoms. The Kier molecular flexibility index (Phi) is 3.17. The van der Waals surface area contributed by atoms with Crippen molar-refractivity contribution in [3.63, 3.8) is 0 Å². The van der Waals surface area contributed by atoms with Crippen LogP contribution < -0.4 is 4.74 Å². The minimum Gasteiger partial charge on any atom is -0.434 e. The predicted octanol–water partition coefficient (Wildman–Crippen LogP) is 2.99. The number of rotatable bonds is 3. The molecular formula is C9H9F3O. The number of benzene rings is 1. The molecule has 1 aromatic rings. The van der Waals surface area contributed by atoms with Gasteiger partial charge >= 0.3 is 6.61 Å². The zero-order valence-corrected chi connectivity index (χ0v) is 7.06. The number of hydrogen-bond donors (Lipinski definition) is 0. The molecule has 0 aromatic heterocycles. The van der Waals surface area contributed by atoms with Crippen LogP contribution in [0.3, 0.4) is 0 Å². The predicted molar refractivity (Wildman–Crippen MR) is 42.4 cm³/mol. The van der Waals surface area contributed by atoms with Crippen molar-refractivity contribution in [2.45, 2.75) is 20.0 Å². The fourth-order valence-electron chi connectivity index (χ4n) is 1.03. The van der Waals surface area contributed by atoms with Crippen LogP contribution in [0.4, 0.5) is 13.2 Å². The average Bonchev–Trinajstić information content (AvgIpc) is 2.03. The van der Waals surface area contributed by atoms with Crippen LogP contribution in [0.5, 0.6) is 5.75 Å². The molecule has 0 amide bonds. The highest BCUT2D eigenvalue weighted by Gasteiger charge is 2.09. The Bertz CT molecular complexity index is 286. The van der Waals surface area contributed by atoms with Gasteiger partial charge in [-0.15, -0.1) is 0 Å². The number of hydrogen-bond acceptors (Lipinski definition) is 1. The highest BCUT2D eigenvalue weighted by Crippen LogP contribution is 2.22. The maximum atomic E-state index is 12.6. The molecule has 1 rings (SSSR count). The Morgan fingerprint density at radius 3 is 2.62 bits per heavy atom. The van der Waals surface area contributed by atoms with Crippen LogP contribution in [-0.2, 0) is 6.42 Å². The molecule has 0 aliphatic carbocycles. The molecule has 0 radical (unpaired) electrons. The Morgan fingerprint density at radius 2 is 2.08 bits per heavy atom. The summed E-state index contributed by atoms with van der Waals surface area (Å²) in [5.41, 5.74) is 0.571. The molecule has 0 aliphatic rings. The minimum atomic E-state index is -2.91. The number of aryl methyl sites for hydroxylation is 1. The third-order valence-electron chi connectivity index (χ3n) is 1.63. The van der Waals surface area contributed by atoms with Crippen LogP contribution in [0.15, 0.2) is 18.2 Å². The van der Waals surface area contributed by atoms with Crippen molar-refractivity contribution in [2.24, 2.45) is 0 Å². The molecule has 0 N–H and O–H groups in total. The summed E-state index contributed by atoms with van der Waals surface area (Å²) in [6.45, 7) is -1.13. The van der Waals surface area contributed by atoms with E-state index in [-0.39, 0.29) is 5.75 Å². The second-order valence-electron chi connectivity index (χ2n) is 2.48. The van der Waals surface area contributed by atoms with Gasteiger partial charge in [0.1, 0.15) is 11.6 Å². The molecule has 0 unspecified atom stereocenters. The first-order chi connectivity index (χ1) is 6.13. The first kappa shape index (κ1) is 9.89. The summed E-state index contributed by atoms with van der Waals surface area (Å²) in [5.74, 6) is -0.662. The van der Waals surface area contributed by atoms with E-state index in [2.05, 4.69) is 4.74 Å². The number of ether oxygens (including phenoxy) is 1. The van der Waals surface area contributed by atoms with E-state index < -0.39 is 12.4 Å². The molecule has 0 fully saturated rings. The SMILES string of the molecule is CCc1ccc(F)cc1OC(F)F. The van der Waals surface area contributed by atoms with Gasteiger partial charge in [0.25, 0.3) is 0 Å². The highest BCUT2D eigenvalue weighted by atomic mass is 19.3.